The van der Waals surface area contributed by atoms with Crippen molar-refractivity contribution in [1.29, 1.82) is 0 Å². The number of benzene rings is 1. The maximum atomic E-state index is 10.7. The van der Waals surface area contributed by atoms with Crippen molar-refractivity contribution in [3.8, 4) is 17.0 Å². The first-order valence-corrected chi connectivity index (χ1v) is 5.79. The summed E-state index contributed by atoms with van der Waals surface area (Å²) >= 11 is 0. The standard InChI is InChI=1S/C14H14N2O3/c1-9-3-4-12(19-2)10(7-9)11-5-6-15-13(16-11)8-14(17)18/h3-7H,8H2,1-2H3,(H,17,18). The van der Waals surface area contributed by atoms with Gasteiger partial charge in [0.15, 0.2) is 0 Å². The number of hydrogen-bond donors (Lipinski definition) is 1. The van der Waals surface area contributed by atoms with Crippen molar-refractivity contribution in [2.75, 3.05) is 7.11 Å². The monoisotopic (exact) mass is 258 g/mol. The molecule has 0 saturated heterocycles. The van der Waals surface area contributed by atoms with Gasteiger partial charge in [0.2, 0.25) is 0 Å². The first kappa shape index (κ1) is 13.0. The Morgan fingerprint density at radius 3 is 2.84 bits per heavy atom. The predicted octanol–water partition coefficient (Wildman–Crippen LogP) is 2.09. The molecule has 1 aromatic carbocycles. The number of rotatable bonds is 4. The van der Waals surface area contributed by atoms with E-state index in [1.165, 1.54) is 0 Å². The SMILES string of the molecule is COc1ccc(C)cc1-c1ccnc(CC(=O)O)n1. The number of carboxylic acid groups (broad SMARTS) is 1. The molecular formula is C14H14N2O3. The summed E-state index contributed by atoms with van der Waals surface area (Å²) in [6.45, 7) is 1.97. The van der Waals surface area contributed by atoms with Gasteiger partial charge in [-0.05, 0) is 25.1 Å². The summed E-state index contributed by atoms with van der Waals surface area (Å²) in [6.07, 6.45) is 1.37. The molecule has 0 radical (unpaired) electrons. The summed E-state index contributed by atoms with van der Waals surface area (Å²) < 4.78 is 5.30. The van der Waals surface area contributed by atoms with Crippen LogP contribution in [0.4, 0.5) is 0 Å². The second-order valence-electron chi connectivity index (χ2n) is 4.13. The largest absolute Gasteiger partial charge is 0.496 e. The molecule has 1 N–H and O–H groups in total. The lowest BCUT2D eigenvalue weighted by atomic mass is 10.1. The second-order valence-corrected chi connectivity index (χ2v) is 4.13. The molecule has 2 rings (SSSR count). The summed E-state index contributed by atoms with van der Waals surface area (Å²) in [7, 11) is 1.59. The number of aromatic nitrogens is 2. The van der Waals surface area contributed by atoms with Crippen LogP contribution in [0.3, 0.4) is 0 Å². The fourth-order valence-electron chi connectivity index (χ4n) is 1.79. The maximum absolute atomic E-state index is 10.7. The van der Waals surface area contributed by atoms with Crippen molar-refractivity contribution in [2.24, 2.45) is 0 Å². The number of nitrogens with zero attached hydrogens (tertiary/aromatic N) is 2. The summed E-state index contributed by atoms with van der Waals surface area (Å²) in [5, 5.41) is 8.77. The highest BCUT2D eigenvalue weighted by atomic mass is 16.5. The third-order valence-electron chi connectivity index (χ3n) is 2.65. The summed E-state index contributed by atoms with van der Waals surface area (Å²) in [4.78, 5) is 18.9. The van der Waals surface area contributed by atoms with Gasteiger partial charge in [-0.3, -0.25) is 4.79 Å². The number of hydrogen-bond acceptors (Lipinski definition) is 4. The van der Waals surface area contributed by atoms with E-state index >= 15 is 0 Å². The van der Waals surface area contributed by atoms with Crippen LogP contribution in [0.25, 0.3) is 11.3 Å². The van der Waals surface area contributed by atoms with E-state index in [1.54, 1.807) is 19.4 Å². The smallest absolute Gasteiger partial charge is 0.311 e. The topological polar surface area (TPSA) is 72.3 Å². The highest BCUT2D eigenvalue weighted by molar-refractivity contribution is 5.70. The molecule has 5 heteroatoms. The van der Waals surface area contributed by atoms with E-state index in [9.17, 15) is 4.79 Å². The molecule has 1 aromatic heterocycles. The molecule has 0 atom stereocenters. The Bertz CT molecular complexity index is 611. The summed E-state index contributed by atoms with van der Waals surface area (Å²) in [5.74, 6) is 0.0347. The Hall–Kier alpha value is -2.43. The molecule has 0 saturated carbocycles. The quantitative estimate of drug-likeness (QED) is 0.909. The average molecular weight is 258 g/mol. The Balaban J connectivity index is 2.46. The number of carbonyl (C=O) groups is 1. The fourth-order valence-corrected chi connectivity index (χ4v) is 1.79. The Kier molecular flexibility index (Phi) is 3.75. The zero-order chi connectivity index (χ0) is 13.8. The highest BCUT2D eigenvalue weighted by Crippen LogP contribution is 2.29. The van der Waals surface area contributed by atoms with Crippen LogP contribution >= 0.6 is 0 Å². The van der Waals surface area contributed by atoms with E-state index in [4.69, 9.17) is 9.84 Å². The molecule has 0 amide bonds. The van der Waals surface area contributed by atoms with Gasteiger partial charge in [0.05, 0.1) is 12.8 Å². The van der Waals surface area contributed by atoms with Crippen molar-refractivity contribution in [1.82, 2.24) is 9.97 Å². The van der Waals surface area contributed by atoms with Gasteiger partial charge < -0.3 is 9.84 Å². The van der Waals surface area contributed by atoms with Crippen LogP contribution in [-0.2, 0) is 11.2 Å². The van der Waals surface area contributed by atoms with Crippen LogP contribution < -0.4 is 4.74 Å². The van der Waals surface area contributed by atoms with Crippen molar-refractivity contribution >= 4 is 5.97 Å². The molecule has 0 unspecified atom stereocenters. The average Bonchev–Trinajstić information content (AvgIpc) is 2.38. The minimum atomic E-state index is -0.951. The first-order valence-electron chi connectivity index (χ1n) is 5.79. The van der Waals surface area contributed by atoms with Crippen LogP contribution in [0.2, 0.25) is 0 Å². The molecule has 0 aliphatic heterocycles. The second kappa shape index (κ2) is 5.48. The molecule has 98 valence electrons. The molecule has 0 spiro atoms. The van der Waals surface area contributed by atoms with E-state index in [-0.39, 0.29) is 12.2 Å². The van der Waals surface area contributed by atoms with E-state index in [0.29, 0.717) is 11.4 Å². The van der Waals surface area contributed by atoms with Crippen molar-refractivity contribution in [3.63, 3.8) is 0 Å². The molecule has 5 nitrogen and oxygen atoms in total. The van der Waals surface area contributed by atoms with E-state index < -0.39 is 5.97 Å². The van der Waals surface area contributed by atoms with E-state index in [0.717, 1.165) is 11.1 Å². The molecule has 0 bridgehead atoms. The van der Waals surface area contributed by atoms with Crippen LogP contribution in [0, 0.1) is 6.92 Å². The van der Waals surface area contributed by atoms with Gasteiger partial charge in [-0.25, -0.2) is 9.97 Å². The minimum Gasteiger partial charge on any atom is -0.496 e. The summed E-state index contributed by atoms with van der Waals surface area (Å²) in [5.41, 5.74) is 2.57. The molecular weight excluding hydrogens is 244 g/mol. The van der Waals surface area contributed by atoms with Crippen LogP contribution in [0.5, 0.6) is 5.75 Å². The lowest BCUT2D eigenvalue weighted by Gasteiger charge is -2.09. The normalized spacial score (nSPS) is 10.2. The highest BCUT2D eigenvalue weighted by Gasteiger charge is 2.10. The van der Waals surface area contributed by atoms with Crippen LogP contribution in [0.15, 0.2) is 30.5 Å². The molecule has 0 aliphatic rings. The van der Waals surface area contributed by atoms with Gasteiger partial charge in [-0.1, -0.05) is 11.6 Å². The third kappa shape index (κ3) is 3.07. The molecule has 1 heterocycles. The third-order valence-corrected chi connectivity index (χ3v) is 2.65. The fraction of sp³-hybridized carbons (Fsp3) is 0.214. The molecule has 0 fully saturated rings. The van der Waals surface area contributed by atoms with Gasteiger partial charge in [-0.2, -0.15) is 0 Å². The van der Waals surface area contributed by atoms with E-state index in [2.05, 4.69) is 9.97 Å². The van der Waals surface area contributed by atoms with Gasteiger partial charge in [0, 0.05) is 11.8 Å². The summed E-state index contributed by atoms with van der Waals surface area (Å²) in [6, 6.07) is 7.50. The van der Waals surface area contributed by atoms with E-state index in [1.807, 2.05) is 25.1 Å². The zero-order valence-electron chi connectivity index (χ0n) is 10.8. The molecule has 2 aromatic rings. The zero-order valence-corrected chi connectivity index (χ0v) is 10.8. The van der Waals surface area contributed by atoms with Crippen molar-refractivity contribution < 1.29 is 14.6 Å². The lowest BCUT2D eigenvalue weighted by molar-refractivity contribution is -0.136. The first-order chi connectivity index (χ1) is 9.10. The number of aliphatic carboxylic acids is 1. The van der Waals surface area contributed by atoms with Gasteiger partial charge in [0.1, 0.15) is 18.0 Å². The number of ether oxygens (including phenoxy) is 1. The maximum Gasteiger partial charge on any atom is 0.311 e. The lowest BCUT2D eigenvalue weighted by Crippen LogP contribution is -2.05. The van der Waals surface area contributed by atoms with Gasteiger partial charge in [-0.15, -0.1) is 0 Å². The number of aryl methyl sites for hydroxylation is 1. The van der Waals surface area contributed by atoms with Gasteiger partial charge in [0.25, 0.3) is 0 Å². The van der Waals surface area contributed by atoms with Crippen LogP contribution in [-0.4, -0.2) is 28.2 Å². The minimum absolute atomic E-state index is 0.192. The van der Waals surface area contributed by atoms with Crippen molar-refractivity contribution in [2.45, 2.75) is 13.3 Å². The Morgan fingerprint density at radius 2 is 2.16 bits per heavy atom. The number of carboxylic acids is 1. The predicted molar refractivity (Wildman–Crippen MR) is 70.1 cm³/mol. The molecule has 19 heavy (non-hydrogen) atoms. The Labute approximate surface area is 110 Å². The van der Waals surface area contributed by atoms with Crippen LogP contribution in [0.1, 0.15) is 11.4 Å². The van der Waals surface area contributed by atoms with Crippen molar-refractivity contribution in [3.05, 3.63) is 41.9 Å². The van der Waals surface area contributed by atoms with Gasteiger partial charge >= 0.3 is 5.97 Å². The number of methoxy groups -OCH3 is 1. The molecule has 0 aliphatic carbocycles. The Morgan fingerprint density at radius 1 is 1.37 bits per heavy atom.